The van der Waals surface area contributed by atoms with Gasteiger partial charge in [-0.05, 0) is 18.2 Å². The average molecular weight is 225 g/mol. The van der Waals surface area contributed by atoms with Gasteiger partial charge in [-0.2, -0.15) is 5.26 Å². The molecule has 1 rings (SSSR count). The van der Waals surface area contributed by atoms with Crippen LogP contribution in [0, 0.1) is 17.1 Å². The maximum Gasteiger partial charge on any atom is 0.335 e. The summed E-state index contributed by atoms with van der Waals surface area (Å²) in [5.74, 6) is -2.38. The molecule has 0 saturated heterocycles. The highest BCUT2D eigenvalue weighted by atomic mass is 19.1. The predicted octanol–water partition coefficient (Wildman–Crippen LogP) is 0.176. The number of aliphatic carboxylic acids is 1. The standard InChI is InChI=1S/C10H8FNO4/c11-6-2-1-5(4-12)7(3-6)8(13)9(14)10(15)16/h1-3,8-9,13-14H,(H,15,16). The topological polar surface area (TPSA) is 102 Å². The minimum absolute atomic E-state index is 0.0887. The third-order valence-electron chi connectivity index (χ3n) is 2.00. The van der Waals surface area contributed by atoms with Crippen LogP contribution in [0.15, 0.2) is 18.2 Å². The Bertz CT molecular complexity index is 455. The molecule has 0 radical (unpaired) electrons. The van der Waals surface area contributed by atoms with Gasteiger partial charge >= 0.3 is 5.97 Å². The minimum Gasteiger partial charge on any atom is -0.479 e. The quantitative estimate of drug-likeness (QED) is 0.680. The van der Waals surface area contributed by atoms with E-state index in [1.165, 1.54) is 0 Å². The molecule has 84 valence electrons. The van der Waals surface area contributed by atoms with Crippen molar-refractivity contribution in [3.05, 3.63) is 35.1 Å². The molecule has 0 saturated carbocycles. The molecule has 0 amide bonds. The number of carbonyl (C=O) groups is 1. The van der Waals surface area contributed by atoms with Crippen molar-refractivity contribution in [2.24, 2.45) is 0 Å². The molecule has 5 nitrogen and oxygen atoms in total. The van der Waals surface area contributed by atoms with Gasteiger partial charge in [-0.15, -0.1) is 0 Å². The Labute approximate surface area is 90.0 Å². The van der Waals surface area contributed by atoms with Gasteiger partial charge < -0.3 is 15.3 Å². The summed E-state index contributed by atoms with van der Waals surface area (Å²) in [6.07, 6.45) is -3.95. The fourth-order valence-electron chi connectivity index (χ4n) is 1.19. The van der Waals surface area contributed by atoms with E-state index < -0.39 is 24.0 Å². The summed E-state index contributed by atoms with van der Waals surface area (Å²) in [6, 6.07) is 4.58. The van der Waals surface area contributed by atoms with E-state index in [1.54, 1.807) is 6.07 Å². The lowest BCUT2D eigenvalue weighted by atomic mass is 9.99. The van der Waals surface area contributed by atoms with Crippen LogP contribution in [0.2, 0.25) is 0 Å². The van der Waals surface area contributed by atoms with Crippen LogP contribution in [0.25, 0.3) is 0 Å². The van der Waals surface area contributed by atoms with E-state index >= 15 is 0 Å². The molecule has 0 aliphatic rings. The Kier molecular flexibility index (Phi) is 3.55. The van der Waals surface area contributed by atoms with E-state index in [-0.39, 0.29) is 11.1 Å². The molecule has 6 heteroatoms. The molecule has 0 aliphatic heterocycles. The Hall–Kier alpha value is -1.97. The fraction of sp³-hybridized carbons (Fsp3) is 0.200. The van der Waals surface area contributed by atoms with E-state index in [4.69, 9.17) is 15.5 Å². The Morgan fingerprint density at radius 1 is 1.44 bits per heavy atom. The van der Waals surface area contributed by atoms with Gasteiger partial charge in [-0.3, -0.25) is 0 Å². The first kappa shape index (κ1) is 12.1. The molecule has 1 aromatic rings. The van der Waals surface area contributed by atoms with Crippen LogP contribution in [0.5, 0.6) is 0 Å². The summed E-state index contributed by atoms with van der Waals surface area (Å²) in [5, 5.41) is 35.7. The van der Waals surface area contributed by atoms with Crippen LogP contribution in [-0.2, 0) is 4.79 Å². The van der Waals surface area contributed by atoms with Gasteiger partial charge in [0.1, 0.15) is 11.9 Å². The number of halogens is 1. The summed E-state index contributed by atoms with van der Waals surface area (Å²) < 4.78 is 12.9. The van der Waals surface area contributed by atoms with Crippen molar-refractivity contribution in [2.75, 3.05) is 0 Å². The minimum atomic E-state index is -2.10. The number of nitrogens with zero attached hydrogens (tertiary/aromatic N) is 1. The maximum atomic E-state index is 12.9. The van der Waals surface area contributed by atoms with Crippen molar-refractivity contribution in [1.29, 1.82) is 5.26 Å². The summed E-state index contributed by atoms with van der Waals surface area (Å²) >= 11 is 0. The average Bonchev–Trinajstić information content (AvgIpc) is 2.26. The van der Waals surface area contributed by atoms with Crippen LogP contribution in [0.3, 0.4) is 0 Å². The summed E-state index contributed by atoms with van der Waals surface area (Å²) in [6.45, 7) is 0. The number of nitriles is 1. The summed E-state index contributed by atoms with van der Waals surface area (Å²) in [7, 11) is 0. The SMILES string of the molecule is N#Cc1ccc(F)cc1C(O)C(O)C(=O)O. The van der Waals surface area contributed by atoms with Crippen molar-refractivity contribution < 1.29 is 24.5 Å². The molecule has 0 bridgehead atoms. The van der Waals surface area contributed by atoms with Crippen molar-refractivity contribution in [2.45, 2.75) is 12.2 Å². The van der Waals surface area contributed by atoms with Crippen molar-refractivity contribution in [1.82, 2.24) is 0 Å². The Morgan fingerprint density at radius 3 is 2.56 bits per heavy atom. The van der Waals surface area contributed by atoms with E-state index in [0.29, 0.717) is 0 Å². The molecule has 0 fully saturated rings. The highest BCUT2D eigenvalue weighted by Gasteiger charge is 2.27. The van der Waals surface area contributed by atoms with Gasteiger partial charge in [0, 0.05) is 5.56 Å². The zero-order chi connectivity index (χ0) is 12.3. The molecule has 0 aliphatic carbocycles. The number of hydrogen-bond acceptors (Lipinski definition) is 4. The second kappa shape index (κ2) is 4.70. The van der Waals surface area contributed by atoms with Gasteiger partial charge in [0.05, 0.1) is 11.6 Å². The number of carboxylic acids is 1. The Morgan fingerprint density at radius 2 is 2.06 bits per heavy atom. The maximum absolute atomic E-state index is 12.9. The van der Waals surface area contributed by atoms with Crippen molar-refractivity contribution in [3.8, 4) is 6.07 Å². The largest absolute Gasteiger partial charge is 0.479 e. The van der Waals surface area contributed by atoms with Gasteiger partial charge in [-0.1, -0.05) is 0 Å². The molecule has 0 spiro atoms. The van der Waals surface area contributed by atoms with Crippen LogP contribution in [0.1, 0.15) is 17.2 Å². The second-order valence-corrected chi connectivity index (χ2v) is 3.07. The lowest BCUT2D eigenvalue weighted by Crippen LogP contribution is -2.28. The molecule has 2 unspecified atom stereocenters. The lowest BCUT2D eigenvalue weighted by Gasteiger charge is -2.15. The number of benzene rings is 1. The second-order valence-electron chi connectivity index (χ2n) is 3.07. The molecule has 0 aromatic heterocycles. The number of aliphatic hydroxyl groups is 2. The fourth-order valence-corrected chi connectivity index (χ4v) is 1.19. The molecule has 0 heterocycles. The zero-order valence-electron chi connectivity index (χ0n) is 7.96. The van der Waals surface area contributed by atoms with Crippen LogP contribution in [0.4, 0.5) is 4.39 Å². The summed E-state index contributed by atoms with van der Waals surface area (Å²) in [5.41, 5.74) is -0.341. The van der Waals surface area contributed by atoms with Crippen molar-refractivity contribution in [3.63, 3.8) is 0 Å². The number of carboxylic acid groups (broad SMARTS) is 1. The van der Waals surface area contributed by atoms with Crippen LogP contribution < -0.4 is 0 Å². The number of aliphatic hydroxyl groups excluding tert-OH is 2. The van der Waals surface area contributed by atoms with Crippen LogP contribution >= 0.6 is 0 Å². The molecule has 1 aromatic carbocycles. The van der Waals surface area contributed by atoms with Gasteiger partial charge in [0.25, 0.3) is 0 Å². The van der Waals surface area contributed by atoms with Gasteiger partial charge in [-0.25, -0.2) is 9.18 Å². The first-order valence-electron chi connectivity index (χ1n) is 4.26. The molecule has 2 atom stereocenters. The first-order chi connectivity index (χ1) is 7.47. The lowest BCUT2D eigenvalue weighted by molar-refractivity contribution is -0.153. The molecule has 16 heavy (non-hydrogen) atoms. The summed E-state index contributed by atoms with van der Waals surface area (Å²) in [4.78, 5) is 10.4. The molecular formula is C10H8FNO4. The predicted molar refractivity (Wildman–Crippen MR) is 49.7 cm³/mol. The smallest absolute Gasteiger partial charge is 0.335 e. The molecule has 3 N–H and O–H groups in total. The highest BCUT2D eigenvalue weighted by Crippen LogP contribution is 2.22. The number of hydrogen-bond donors (Lipinski definition) is 3. The van der Waals surface area contributed by atoms with E-state index in [1.807, 2.05) is 0 Å². The van der Waals surface area contributed by atoms with Gasteiger partial charge in [0.2, 0.25) is 0 Å². The number of rotatable bonds is 3. The van der Waals surface area contributed by atoms with Gasteiger partial charge in [0.15, 0.2) is 6.10 Å². The first-order valence-corrected chi connectivity index (χ1v) is 4.26. The normalized spacial score (nSPS) is 13.9. The monoisotopic (exact) mass is 225 g/mol. The van der Waals surface area contributed by atoms with E-state index in [9.17, 15) is 14.3 Å². The third-order valence-corrected chi connectivity index (χ3v) is 2.00. The van der Waals surface area contributed by atoms with Crippen molar-refractivity contribution >= 4 is 5.97 Å². The van der Waals surface area contributed by atoms with Crippen LogP contribution in [-0.4, -0.2) is 27.4 Å². The molecular weight excluding hydrogens is 217 g/mol. The Balaban J connectivity index is 3.17. The zero-order valence-corrected chi connectivity index (χ0v) is 7.96. The highest BCUT2D eigenvalue weighted by molar-refractivity contribution is 5.73. The van der Waals surface area contributed by atoms with E-state index in [2.05, 4.69) is 0 Å². The van der Waals surface area contributed by atoms with E-state index in [0.717, 1.165) is 18.2 Å². The third kappa shape index (κ3) is 2.34.